The highest BCUT2D eigenvalue weighted by molar-refractivity contribution is 9.10. The van der Waals surface area contributed by atoms with E-state index in [9.17, 15) is 18.3 Å². The Morgan fingerprint density at radius 2 is 2.06 bits per heavy atom. The number of halogens is 4. The van der Waals surface area contributed by atoms with Crippen molar-refractivity contribution >= 4 is 21.7 Å². The molecule has 0 radical (unpaired) electrons. The number of aliphatic hydroxyl groups is 1. The van der Waals surface area contributed by atoms with E-state index in [1.807, 2.05) is 6.92 Å². The smallest absolute Gasteiger partial charge is 0.378 e. The van der Waals surface area contributed by atoms with Gasteiger partial charge in [0.1, 0.15) is 5.82 Å². The van der Waals surface area contributed by atoms with Crippen LogP contribution in [0.3, 0.4) is 0 Å². The zero-order valence-electron chi connectivity index (χ0n) is 8.92. The average molecular weight is 311 g/mol. The molecule has 17 heavy (non-hydrogen) atoms. The molecule has 0 atom stereocenters. The Hall–Kier alpha value is -0.820. The van der Waals surface area contributed by atoms with Crippen molar-refractivity contribution in [1.29, 1.82) is 0 Å². The predicted molar refractivity (Wildman–Crippen MR) is 59.9 cm³/mol. The lowest BCUT2D eigenvalue weighted by Gasteiger charge is -2.47. The van der Waals surface area contributed by atoms with Gasteiger partial charge in [0.15, 0.2) is 5.60 Å². The fourth-order valence-corrected chi connectivity index (χ4v) is 1.84. The number of hydrogen-bond acceptors (Lipinski definition) is 3. The summed E-state index contributed by atoms with van der Waals surface area (Å²) in [5.74, 6) is 0.444. The van der Waals surface area contributed by atoms with Gasteiger partial charge in [0.2, 0.25) is 0 Å². The zero-order chi connectivity index (χ0) is 12.8. The Morgan fingerprint density at radius 1 is 1.47 bits per heavy atom. The Balaban J connectivity index is 2.12. The maximum atomic E-state index is 12.4. The molecule has 94 valence electrons. The van der Waals surface area contributed by atoms with E-state index in [-0.39, 0.29) is 0 Å². The molecule has 0 aromatic carbocycles. The molecule has 1 fully saturated rings. The van der Waals surface area contributed by atoms with Crippen LogP contribution < -0.4 is 4.90 Å². The Morgan fingerprint density at radius 3 is 2.53 bits per heavy atom. The third kappa shape index (κ3) is 2.13. The standard InChI is InChI=1S/C10H10BrF3N2O/c1-6-2-8(15-3-7(6)11)16-4-9(17,5-16)10(12,13)14/h2-3,17H,4-5H2,1H3. The minimum absolute atomic E-state index is 0.444. The molecule has 0 amide bonds. The second-order valence-electron chi connectivity index (χ2n) is 4.18. The van der Waals surface area contributed by atoms with Gasteiger partial charge in [-0.05, 0) is 34.5 Å². The van der Waals surface area contributed by atoms with Gasteiger partial charge < -0.3 is 10.0 Å². The van der Waals surface area contributed by atoms with Gasteiger partial charge in [0, 0.05) is 10.7 Å². The van der Waals surface area contributed by atoms with Gasteiger partial charge in [0.05, 0.1) is 13.1 Å². The fraction of sp³-hybridized carbons (Fsp3) is 0.500. The van der Waals surface area contributed by atoms with Crippen molar-refractivity contribution in [2.24, 2.45) is 0 Å². The highest BCUT2D eigenvalue weighted by Crippen LogP contribution is 2.39. The molecule has 7 heteroatoms. The fourth-order valence-electron chi connectivity index (χ4n) is 1.62. The summed E-state index contributed by atoms with van der Waals surface area (Å²) in [5, 5.41) is 9.30. The molecule has 1 aliphatic heterocycles. The number of β-amino-alcohol motifs (C(OH)–C–C–N with tert-alkyl or cyclic N) is 1. The Labute approximate surface area is 104 Å². The first-order chi connectivity index (χ1) is 7.73. The maximum absolute atomic E-state index is 12.4. The van der Waals surface area contributed by atoms with E-state index < -0.39 is 24.9 Å². The van der Waals surface area contributed by atoms with Crippen molar-refractivity contribution in [3.05, 3.63) is 22.3 Å². The van der Waals surface area contributed by atoms with Crippen molar-refractivity contribution in [3.8, 4) is 0 Å². The second-order valence-corrected chi connectivity index (χ2v) is 5.03. The summed E-state index contributed by atoms with van der Waals surface area (Å²) in [6.07, 6.45) is -3.05. The van der Waals surface area contributed by atoms with Crippen LogP contribution in [0.2, 0.25) is 0 Å². The Kier molecular flexibility index (Phi) is 2.86. The molecule has 1 saturated heterocycles. The molecule has 2 rings (SSSR count). The van der Waals surface area contributed by atoms with Gasteiger partial charge in [0.25, 0.3) is 0 Å². The molecule has 1 aromatic rings. The number of nitrogens with zero attached hydrogens (tertiary/aromatic N) is 2. The lowest BCUT2D eigenvalue weighted by molar-refractivity contribution is -0.267. The van der Waals surface area contributed by atoms with Crippen molar-refractivity contribution in [2.45, 2.75) is 18.7 Å². The van der Waals surface area contributed by atoms with Crippen LogP contribution in [0.4, 0.5) is 19.0 Å². The van der Waals surface area contributed by atoms with Gasteiger partial charge in [-0.2, -0.15) is 13.2 Å². The monoisotopic (exact) mass is 310 g/mol. The summed E-state index contributed by atoms with van der Waals surface area (Å²) in [6, 6.07) is 1.68. The quantitative estimate of drug-likeness (QED) is 0.864. The van der Waals surface area contributed by atoms with Gasteiger partial charge in [-0.3, -0.25) is 0 Å². The molecular weight excluding hydrogens is 301 g/mol. The van der Waals surface area contributed by atoms with Gasteiger partial charge in [-0.1, -0.05) is 0 Å². The normalized spacial score (nSPS) is 19.1. The molecule has 0 aliphatic carbocycles. The number of rotatable bonds is 1. The summed E-state index contributed by atoms with van der Waals surface area (Å²) in [6.45, 7) is 0.889. The Bertz CT molecular complexity index is 444. The van der Waals surface area contributed by atoms with Crippen molar-refractivity contribution in [2.75, 3.05) is 18.0 Å². The van der Waals surface area contributed by atoms with Crippen LogP contribution in [-0.2, 0) is 0 Å². The molecule has 1 aliphatic rings. The lowest BCUT2D eigenvalue weighted by atomic mass is 9.93. The third-order valence-electron chi connectivity index (χ3n) is 2.79. The molecular formula is C10H10BrF3N2O. The maximum Gasteiger partial charge on any atom is 0.420 e. The minimum Gasteiger partial charge on any atom is -0.378 e. The number of hydrogen-bond donors (Lipinski definition) is 1. The summed E-state index contributed by atoms with van der Waals surface area (Å²) >= 11 is 3.26. The number of alkyl halides is 3. The highest BCUT2D eigenvalue weighted by atomic mass is 79.9. The van der Waals surface area contributed by atoms with E-state index in [1.54, 1.807) is 6.07 Å². The molecule has 3 nitrogen and oxygen atoms in total. The molecule has 0 spiro atoms. The van der Waals surface area contributed by atoms with Crippen molar-refractivity contribution in [1.82, 2.24) is 4.98 Å². The van der Waals surface area contributed by atoms with Gasteiger partial charge in [-0.15, -0.1) is 0 Å². The average Bonchev–Trinajstić information content (AvgIpc) is 2.16. The molecule has 1 aromatic heterocycles. The minimum atomic E-state index is -4.59. The number of pyridine rings is 1. The van der Waals surface area contributed by atoms with Gasteiger partial charge >= 0.3 is 6.18 Å². The van der Waals surface area contributed by atoms with Crippen molar-refractivity contribution < 1.29 is 18.3 Å². The first kappa shape index (κ1) is 12.6. The SMILES string of the molecule is Cc1cc(N2CC(O)(C(F)(F)F)C2)ncc1Br. The molecule has 0 saturated carbocycles. The zero-order valence-corrected chi connectivity index (χ0v) is 10.5. The topological polar surface area (TPSA) is 36.4 Å². The first-order valence-electron chi connectivity index (χ1n) is 4.89. The van der Waals surface area contributed by atoms with Crippen LogP contribution >= 0.6 is 15.9 Å². The number of anilines is 1. The number of aromatic nitrogens is 1. The summed E-state index contributed by atoms with van der Waals surface area (Å²) in [7, 11) is 0. The van der Waals surface area contributed by atoms with E-state index >= 15 is 0 Å². The van der Waals surface area contributed by atoms with E-state index in [1.165, 1.54) is 11.1 Å². The highest BCUT2D eigenvalue weighted by Gasteiger charge is 2.61. The van der Waals surface area contributed by atoms with Crippen LogP contribution in [-0.4, -0.2) is 35.0 Å². The van der Waals surface area contributed by atoms with Crippen LogP contribution in [0, 0.1) is 6.92 Å². The van der Waals surface area contributed by atoms with E-state index in [0.29, 0.717) is 5.82 Å². The first-order valence-corrected chi connectivity index (χ1v) is 5.68. The van der Waals surface area contributed by atoms with Gasteiger partial charge in [-0.25, -0.2) is 4.98 Å². The largest absolute Gasteiger partial charge is 0.420 e. The van der Waals surface area contributed by atoms with Crippen LogP contribution in [0.25, 0.3) is 0 Å². The van der Waals surface area contributed by atoms with E-state index in [4.69, 9.17) is 0 Å². The molecule has 2 heterocycles. The van der Waals surface area contributed by atoms with Crippen LogP contribution in [0.1, 0.15) is 5.56 Å². The molecule has 0 bridgehead atoms. The summed E-state index contributed by atoms with van der Waals surface area (Å²) in [5.41, 5.74) is -1.72. The molecule has 0 unspecified atom stereocenters. The van der Waals surface area contributed by atoms with E-state index in [0.717, 1.165) is 10.0 Å². The summed E-state index contributed by atoms with van der Waals surface area (Å²) < 4.78 is 38.0. The van der Waals surface area contributed by atoms with E-state index in [2.05, 4.69) is 20.9 Å². The second kappa shape index (κ2) is 3.84. The molecule has 1 N–H and O–H groups in total. The third-order valence-corrected chi connectivity index (χ3v) is 3.62. The summed E-state index contributed by atoms with van der Waals surface area (Å²) in [4.78, 5) is 5.41. The lowest BCUT2D eigenvalue weighted by Crippen LogP contribution is -2.69. The van der Waals surface area contributed by atoms with Crippen LogP contribution in [0.5, 0.6) is 0 Å². The van der Waals surface area contributed by atoms with Crippen molar-refractivity contribution in [3.63, 3.8) is 0 Å². The van der Waals surface area contributed by atoms with Crippen LogP contribution in [0.15, 0.2) is 16.7 Å². The predicted octanol–water partition coefficient (Wildman–Crippen LogP) is 2.27. The number of aryl methyl sites for hydroxylation is 1.